The van der Waals surface area contributed by atoms with Gasteiger partial charge in [-0.3, -0.25) is 14.2 Å². The number of allylic oxidation sites excluding steroid dienone is 1. The number of hydrogen-bond acceptors (Lipinski definition) is 6. The van der Waals surface area contributed by atoms with E-state index in [2.05, 4.69) is 10.6 Å². The number of fused-ring (bicyclic) bond motifs is 2. The van der Waals surface area contributed by atoms with Gasteiger partial charge in [-0.15, -0.1) is 0 Å². The number of carbonyl (C=O) groups is 1. The molecule has 5 aromatic rings. The smallest absolute Gasteiger partial charge is 0.271 e. The summed E-state index contributed by atoms with van der Waals surface area (Å²) in [5.74, 6) is 0.449. The number of para-hydroxylation sites is 2. The van der Waals surface area contributed by atoms with Crippen LogP contribution < -0.4 is 19.6 Å². The average molecular weight is 616 g/mol. The van der Waals surface area contributed by atoms with Crippen LogP contribution in [-0.2, 0) is 11.3 Å². The molecule has 1 amide bonds. The molecule has 0 saturated heterocycles. The minimum atomic E-state index is -0.698. The van der Waals surface area contributed by atoms with E-state index in [1.807, 2.05) is 106 Å². The molecule has 0 aliphatic carbocycles. The molecule has 1 aliphatic heterocycles. The monoisotopic (exact) mass is 615 g/mol. The molecule has 0 N–H and O–H groups in total. The molecule has 0 unspecified atom stereocenters. The Kier molecular flexibility index (Phi) is 8.24. The van der Waals surface area contributed by atoms with Crippen LogP contribution in [0.2, 0.25) is 0 Å². The molecule has 6 rings (SSSR count). The molecule has 8 nitrogen and oxygen atoms in total. The van der Waals surface area contributed by atoms with Crippen molar-refractivity contribution in [3.63, 3.8) is 0 Å². The Morgan fingerprint density at radius 3 is 2.53 bits per heavy atom. The first kappa shape index (κ1) is 29.9. The highest BCUT2D eigenvalue weighted by molar-refractivity contribution is 7.07. The summed E-state index contributed by atoms with van der Waals surface area (Å²) in [6.07, 6.45) is 3.93. The van der Waals surface area contributed by atoms with Gasteiger partial charge < -0.3 is 14.2 Å². The molecule has 0 saturated carbocycles. The Morgan fingerprint density at radius 2 is 1.78 bits per heavy atom. The van der Waals surface area contributed by atoms with Gasteiger partial charge in [-0.2, -0.15) is 5.26 Å². The molecule has 1 aliphatic rings. The van der Waals surface area contributed by atoms with Crippen molar-refractivity contribution in [3.05, 3.63) is 132 Å². The van der Waals surface area contributed by atoms with Crippen LogP contribution in [0.4, 0.5) is 0 Å². The number of nitriles is 1. The zero-order valence-corrected chi connectivity index (χ0v) is 26.5. The van der Waals surface area contributed by atoms with Crippen LogP contribution in [0, 0.1) is 11.3 Å². The number of carbonyl (C=O) groups excluding carboxylic acids is 1. The summed E-state index contributed by atoms with van der Waals surface area (Å²) in [5, 5.41) is 10.6. The van der Waals surface area contributed by atoms with E-state index in [1.54, 1.807) is 16.6 Å². The number of hydrogen-bond donors (Lipinski definition) is 0. The van der Waals surface area contributed by atoms with E-state index in [-0.39, 0.29) is 11.5 Å². The second-order valence-electron chi connectivity index (χ2n) is 10.8. The zero-order chi connectivity index (χ0) is 31.7. The van der Waals surface area contributed by atoms with Gasteiger partial charge >= 0.3 is 0 Å². The summed E-state index contributed by atoms with van der Waals surface area (Å²) in [5.41, 5.74) is 4.99. The van der Waals surface area contributed by atoms with Gasteiger partial charge in [-0.25, -0.2) is 4.99 Å². The van der Waals surface area contributed by atoms with Crippen LogP contribution >= 0.6 is 11.3 Å². The third-order valence-corrected chi connectivity index (χ3v) is 9.30. The lowest BCUT2D eigenvalue weighted by Gasteiger charge is -2.29. The first-order valence-electron chi connectivity index (χ1n) is 14.9. The summed E-state index contributed by atoms with van der Waals surface area (Å²) >= 11 is 1.31. The van der Waals surface area contributed by atoms with Crippen molar-refractivity contribution in [3.8, 4) is 11.8 Å². The maximum atomic E-state index is 14.4. The Labute approximate surface area is 265 Å². The molecule has 226 valence electrons. The van der Waals surface area contributed by atoms with Gasteiger partial charge in [-0.05, 0) is 50.6 Å². The van der Waals surface area contributed by atoms with Gasteiger partial charge in [0.1, 0.15) is 11.8 Å². The lowest BCUT2D eigenvalue weighted by Crippen LogP contribution is -2.43. The standard InChI is InChI=1S/C36H33N5O3S/c1-5-39(6-2)35(43)32-23(3)38-36-41(33(32)28-16-10-12-18-30(28)44-4)34(42)31(45-36)19-26-22-40(29-17-11-9-15-27(26)29)21-25-14-8-7-13-24(25)20-37/h7-19,22,33H,5-6,21H2,1-4H3/b31-19+/t33-/m1/s1. The van der Waals surface area contributed by atoms with Crippen LogP contribution in [0.25, 0.3) is 17.0 Å². The fourth-order valence-electron chi connectivity index (χ4n) is 6.08. The lowest BCUT2D eigenvalue weighted by atomic mass is 9.94. The summed E-state index contributed by atoms with van der Waals surface area (Å²) in [7, 11) is 1.59. The van der Waals surface area contributed by atoms with E-state index < -0.39 is 6.04 Å². The van der Waals surface area contributed by atoms with Crippen molar-refractivity contribution >= 4 is 34.2 Å². The third kappa shape index (κ3) is 5.28. The maximum absolute atomic E-state index is 14.4. The zero-order valence-electron chi connectivity index (χ0n) is 25.7. The Hall–Kier alpha value is -5.20. The van der Waals surface area contributed by atoms with Crippen molar-refractivity contribution < 1.29 is 9.53 Å². The number of rotatable bonds is 8. The van der Waals surface area contributed by atoms with Gasteiger partial charge in [0.05, 0.1) is 34.5 Å². The van der Waals surface area contributed by atoms with E-state index in [0.717, 1.165) is 27.6 Å². The van der Waals surface area contributed by atoms with Crippen molar-refractivity contribution in [1.82, 2.24) is 14.0 Å². The Balaban J connectivity index is 1.54. The molecule has 0 radical (unpaired) electrons. The predicted molar refractivity (Wildman–Crippen MR) is 177 cm³/mol. The second kappa shape index (κ2) is 12.4. The second-order valence-corrected chi connectivity index (χ2v) is 11.8. The van der Waals surface area contributed by atoms with Crippen LogP contribution in [-0.4, -0.2) is 40.1 Å². The van der Waals surface area contributed by atoms with E-state index in [0.29, 0.717) is 51.6 Å². The van der Waals surface area contributed by atoms with Crippen molar-refractivity contribution in [2.75, 3.05) is 20.2 Å². The van der Waals surface area contributed by atoms with Gasteiger partial charge in [0.2, 0.25) is 0 Å². The molecule has 9 heteroatoms. The summed E-state index contributed by atoms with van der Waals surface area (Å²) in [6, 6.07) is 24.7. The largest absolute Gasteiger partial charge is 0.496 e. The summed E-state index contributed by atoms with van der Waals surface area (Å²) in [6.45, 7) is 7.32. The van der Waals surface area contributed by atoms with Crippen molar-refractivity contribution in [1.29, 1.82) is 5.26 Å². The molecule has 1 atom stereocenters. The molecular weight excluding hydrogens is 582 g/mol. The van der Waals surface area contributed by atoms with E-state index in [4.69, 9.17) is 9.73 Å². The van der Waals surface area contributed by atoms with Gasteiger partial charge in [-0.1, -0.05) is 65.9 Å². The first-order chi connectivity index (χ1) is 21.9. The molecule has 2 aromatic heterocycles. The number of thiazole rings is 1. The number of nitrogens with zero attached hydrogens (tertiary/aromatic N) is 5. The van der Waals surface area contributed by atoms with Crippen LogP contribution in [0.15, 0.2) is 100 Å². The lowest BCUT2D eigenvalue weighted by molar-refractivity contribution is -0.127. The number of likely N-dealkylation sites (N-methyl/N-ethyl adjacent to an activating group) is 1. The van der Waals surface area contributed by atoms with Crippen molar-refractivity contribution in [2.45, 2.75) is 33.4 Å². The molecule has 45 heavy (non-hydrogen) atoms. The Bertz CT molecular complexity index is 2190. The Morgan fingerprint density at radius 1 is 1.07 bits per heavy atom. The van der Waals surface area contributed by atoms with Crippen LogP contribution in [0.1, 0.15) is 49.1 Å². The first-order valence-corrected chi connectivity index (χ1v) is 15.7. The predicted octanol–water partition coefficient (Wildman–Crippen LogP) is 4.99. The van der Waals surface area contributed by atoms with Gasteiger partial charge in [0, 0.05) is 47.9 Å². The fourth-order valence-corrected chi connectivity index (χ4v) is 7.11. The number of amides is 1. The van der Waals surface area contributed by atoms with E-state index >= 15 is 0 Å². The molecule has 0 bridgehead atoms. The number of ether oxygens (including phenoxy) is 1. The third-order valence-electron chi connectivity index (χ3n) is 8.32. The molecule has 3 heterocycles. The molecular formula is C36H33N5O3S. The molecule has 0 fully saturated rings. The van der Waals surface area contributed by atoms with E-state index in [1.165, 1.54) is 11.3 Å². The highest BCUT2D eigenvalue weighted by Crippen LogP contribution is 2.36. The minimum absolute atomic E-state index is 0.146. The SMILES string of the molecule is CCN(CC)C(=O)C1=C(C)N=c2s/c(=C/c3cn(Cc4ccccc4C#N)c4ccccc34)c(=O)n2[C@@H]1c1ccccc1OC. The summed E-state index contributed by atoms with van der Waals surface area (Å²) in [4.78, 5) is 35.4. The highest BCUT2D eigenvalue weighted by atomic mass is 32.1. The van der Waals surface area contributed by atoms with Gasteiger partial charge in [0.25, 0.3) is 11.5 Å². The quantitative estimate of drug-likeness (QED) is 0.246. The number of aromatic nitrogens is 2. The van der Waals surface area contributed by atoms with E-state index in [9.17, 15) is 14.9 Å². The maximum Gasteiger partial charge on any atom is 0.271 e. The average Bonchev–Trinajstić information content (AvgIpc) is 3.56. The normalized spacial score (nSPS) is 14.6. The number of benzene rings is 3. The fraction of sp³-hybridized carbons (Fsp3) is 0.222. The van der Waals surface area contributed by atoms with Crippen molar-refractivity contribution in [2.24, 2.45) is 4.99 Å². The highest BCUT2D eigenvalue weighted by Gasteiger charge is 2.35. The topological polar surface area (TPSA) is 92.6 Å². The molecule has 3 aromatic carbocycles. The minimum Gasteiger partial charge on any atom is -0.496 e. The van der Waals surface area contributed by atoms with Crippen LogP contribution in [0.5, 0.6) is 5.75 Å². The summed E-state index contributed by atoms with van der Waals surface area (Å²) < 4.78 is 9.99. The molecule has 0 spiro atoms. The number of methoxy groups -OCH3 is 1. The van der Waals surface area contributed by atoms with Gasteiger partial charge in [0.15, 0.2) is 4.80 Å². The van der Waals surface area contributed by atoms with Crippen LogP contribution in [0.3, 0.4) is 0 Å².